The van der Waals surface area contributed by atoms with Crippen LogP contribution in [0.1, 0.15) is 12.5 Å². The number of halogens is 4. The van der Waals surface area contributed by atoms with Gasteiger partial charge in [-0.2, -0.15) is 13.2 Å². The van der Waals surface area contributed by atoms with Crippen molar-refractivity contribution in [1.29, 1.82) is 0 Å². The summed E-state index contributed by atoms with van der Waals surface area (Å²) in [6, 6.07) is 7.58. The molecular weight excluding hydrogens is 433 g/mol. The molecule has 1 N–H and O–H groups in total. The van der Waals surface area contributed by atoms with Crippen molar-refractivity contribution < 1.29 is 31.1 Å². The monoisotopic (exact) mass is 450 g/mol. The fourth-order valence-corrected chi connectivity index (χ4v) is 4.00. The molecule has 1 amide bonds. The van der Waals surface area contributed by atoms with E-state index in [1.807, 2.05) is 0 Å². The fourth-order valence-electron chi connectivity index (χ4n) is 2.60. The second-order valence-electron chi connectivity index (χ2n) is 6.11. The molecule has 0 spiro atoms. The van der Waals surface area contributed by atoms with E-state index in [1.165, 1.54) is 44.4 Å². The minimum absolute atomic E-state index is 0.165. The zero-order valence-electron chi connectivity index (χ0n) is 15.6. The van der Waals surface area contributed by atoms with Gasteiger partial charge >= 0.3 is 6.18 Å². The van der Waals surface area contributed by atoms with Gasteiger partial charge in [0.1, 0.15) is 11.8 Å². The van der Waals surface area contributed by atoms with Crippen LogP contribution < -0.4 is 14.4 Å². The first-order valence-corrected chi connectivity index (χ1v) is 10.4. The van der Waals surface area contributed by atoms with Crippen molar-refractivity contribution in [2.45, 2.75) is 19.1 Å². The average molecular weight is 451 g/mol. The largest absolute Gasteiger partial charge is 0.497 e. The van der Waals surface area contributed by atoms with Gasteiger partial charge < -0.3 is 10.1 Å². The van der Waals surface area contributed by atoms with Gasteiger partial charge in [-0.05, 0) is 49.4 Å². The standard InChI is InChI=1S/C18H18ClF3N2O4S/c1-11(24(29(3,26)27)13-5-7-14(28-2)8-6-13)17(25)23-12-4-9-16(19)15(10-12)18(20,21)22/h4-11H,1-3H3,(H,23,25)/t11-/m1/s1. The summed E-state index contributed by atoms with van der Waals surface area (Å²) in [6.45, 7) is 1.32. The van der Waals surface area contributed by atoms with Crippen LogP contribution in [0, 0.1) is 0 Å². The first-order valence-electron chi connectivity index (χ1n) is 8.15. The minimum Gasteiger partial charge on any atom is -0.497 e. The topological polar surface area (TPSA) is 75.7 Å². The second-order valence-corrected chi connectivity index (χ2v) is 8.38. The molecule has 1 atom stereocenters. The summed E-state index contributed by atoms with van der Waals surface area (Å²) in [5.41, 5.74) is -1.08. The number of amides is 1. The van der Waals surface area contributed by atoms with Crippen LogP contribution in [-0.2, 0) is 21.0 Å². The predicted octanol–water partition coefficient (Wildman–Crippen LogP) is 4.16. The Balaban J connectivity index is 2.32. The predicted molar refractivity (Wildman–Crippen MR) is 105 cm³/mol. The summed E-state index contributed by atoms with van der Waals surface area (Å²) in [4.78, 5) is 12.6. The Morgan fingerprint density at radius 1 is 1.17 bits per heavy atom. The van der Waals surface area contributed by atoms with Crippen LogP contribution in [0.15, 0.2) is 42.5 Å². The molecule has 2 aromatic carbocycles. The summed E-state index contributed by atoms with van der Waals surface area (Å²) in [5, 5.41) is 1.78. The molecule has 158 valence electrons. The third kappa shape index (κ3) is 5.54. The summed E-state index contributed by atoms with van der Waals surface area (Å²) in [6.07, 6.45) is -3.78. The fraction of sp³-hybridized carbons (Fsp3) is 0.278. The Hall–Kier alpha value is -2.46. The Labute approximate surface area is 171 Å². The van der Waals surface area contributed by atoms with Crippen LogP contribution in [0.5, 0.6) is 5.75 Å². The van der Waals surface area contributed by atoms with E-state index in [0.717, 1.165) is 16.6 Å². The first-order chi connectivity index (χ1) is 13.3. The molecule has 2 rings (SSSR count). The molecule has 0 radical (unpaired) electrons. The molecule has 0 saturated carbocycles. The number of nitrogens with one attached hydrogen (secondary N) is 1. The molecule has 0 unspecified atom stereocenters. The van der Waals surface area contributed by atoms with E-state index in [9.17, 15) is 26.4 Å². The molecule has 29 heavy (non-hydrogen) atoms. The molecule has 0 saturated heterocycles. The molecule has 0 bridgehead atoms. The maximum absolute atomic E-state index is 13.0. The van der Waals surface area contributed by atoms with Crippen LogP contribution in [0.25, 0.3) is 0 Å². The minimum atomic E-state index is -4.70. The lowest BCUT2D eigenvalue weighted by Crippen LogP contribution is -2.45. The number of alkyl halides is 3. The highest BCUT2D eigenvalue weighted by molar-refractivity contribution is 7.92. The maximum Gasteiger partial charge on any atom is 0.417 e. The molecule has 11 heteroatoms. The lowest BCUT2D eigenvalue weighted by molar-refractivity contribution is -0.137. The van der Waals surface area contributed by atoms with Crippen molar-refractivity contribution in [3.63, 3.8) is 0 Å². The summed E-state index contributed by atoms with van der Waals surface area (Å²) in [7, 11) is -2.44. The van der Waals surface area contributed by atoms with E-state index in [2.05, 4.69) is 5.32 Å². The number of ether oxygens (including phenoxy) is 1. The van der Waals surface area contributed by atoms with Crippen molar-refractivity contribution in [3.05, 3.63) is 53.1 Å². The normalized spacial score (nSPS) is 12.9. The number of carbonyl (C=O) groups excluding carboxylic acids is 1. The van der Waals surface area contributed by atoms with Crippen LogP contribution in [-0.4, -0.2) is 33.7 Å². The third-order valence-electron chi connectivity index (χ3n) is 3.95. The Morgan fingerprint density at radius 2 is 1.76 bits per heavy atom. The van der Waals surface area contributed by atoms with E-state index >= 15 is 0 Å². The number of nitrogens with zero attached hydrogens (tertiary/aromatic N) is 1. The quantitative estimate of drug-likeness (QED) is 0.717. The van der Waals surface area contributed by atoms with Gasteiger partial charge in [-0.3, -0.25) is 9.10 Å². The van der Waals surface area contributed by atoms with Crippen molar-refractivity contribution in [2.75, 3.05) is 23.0 Å². The summed E-state index contributed by atoms with van der Waals surface area (Å²) < 4.78 is 69.4. The number of anilines is 2. The molecule has 0 aliphatic rings. The smallest absolute Gasteiger partial charge is 0.417 e. The average Bonchev–Trinajstić information content (AvgIpc) is 2.61. The van der Waals surface area contributed by atoms with Crippen LogP contribution in [0.2, 0.25) is 5.02 Å². The Kier molecular flexibility index (Phi) is 6.69. The zero-order chi connectivity index (χ0) is 22.0. The van der Waals surface area contributed by atoms with Gasteiger partial charge in [0.25, 0.3) is 0 Å². The molecule has 0 fully saturated rings. The number of methoxy groups -OCH3 is 1. The van der Waals surface area contributed by atoms with Gasteiger partial charge in [0, 0.05) is 5.69 Å². The Bertz CT molecular complexity index is 995. The van der Waals surface area contributed by atoms with Crippen molar-refractivity contribution in [3.8, 4) is 5.75 Å². The number of hydrogen-bond donors (Lipinski definition) is 1. The van der Waals surface area contributed by atoms with Crippen LogP contribution in [0.3, 0.4) is 0 Å². The maximum atomic E-state index is 13.0. The van der Waals surface area contributed by atoms with Gasteiger partial charge in [0.15, 0.2) is 0 Å². The summed E-state index contributed by atoms with van der Waals surface area (Å²) in [5.74, 6) is -0.332. The van der Waals surface area contributed by atoms with Gasteiger partial charge in [0.2, 0.25) is 15.9 Å². The molecule has 0 aliphatic carbocycles. The van der Waals surface area contributed by atoms with E-state index in [-0.39, 0.29) is 11.4 Å². The second kappa shape index (κ2) is 8.50. The highest BCUT2D eigenvalue weighted by Crippen LogP contribution is 2.36. The third-order valence-corrected chi connectivity index (χ3v) is 5.53. The number of benzene rings is 2. The van der Waals surface area contributed by atoms with E-state index < -0.39 is 38.7 Å². The van der Waals surface area contributed by atoms with Gasteiger partial charge in [-0.15, -0.1) is 0 Å². The molecule has 0 aliphatic heterocycles. The van der Waals surface area contributed by atoms with Crippen LogP contribution >= 0.6 is 11.6 Å². The van der Waals surface area contributed by atoms with Crippen molar-refractivity contribution in [2.24, 2.45) is 0 Å². The van der Waals surface area contributed by atoms with E-state index in [4.69, 9.17) is 16.3 Å². The highest BCUT2D eigenvalue weighted by Gasteiger charge is 2.34. The SMILES string of the molecule is COc1ccc(N([C@H](C)C(=O)Nc2ccc(Cl)c(C(F)(F)F)c2)S(C)(=O)=O)cc1. The van der Waals surface area contributed by atoms with Crippen molar-refractivity contribution in [1.82, 2.24) is 0 Å². The number of rotatable bonds is 6. The Morgan fingerprint density at radius 3 is 2.24 bits per heavy atom. The first kappa shape index (κ1) is 22.8. The van der Waals surface area contributed by atoms with Crippen LogP contribution in [0.4, 0.5) is 24.5 Å². The number of hydrogen-bond acceptors (Lipinski definition) is 4. The van der Waals surface area contributed by atoms with Gasteiger partial charge in [0.05, 0.1) is 29.6 Å². The lowest BCUT2D eigenvalue weighted by atomic mass is 10.2. The zero-order valence-corrected chi connectivity index (χ0v) is 17.2. The number of carbonyl (C=O) groups is 1. The van der Waals surface area contributed by atoms with E-state index in [1.54, 1.807) is 0 Å². The molecule has 0 aromatic heterocycles. The van der Waals surface area contributed by atoms with Gasteiger partial charge in [-0.25, -0.2) is 8.42 Å². The molecule has 0 heterocycles. The van der Waals surface area contributed by atoms with Crippen molar-refractivity contribution >= 4 is 38.9 Å². The highest BCUT2D eigenvalue weighted by atomic mass is 35.5. The number of sulfonamides is 1. The summed E-state index contributed by atoms with van der Waals surface area (Å²) >= 11 is 5.56. The molecular formula is C18H18ClF3N2O4S. The van der Waals surface area contributed by atoms with Gasteiger partial charge in [-0.1, -0.05) is 11.6 Å². The lowest BCUT2D eigenvalue weighted by Gasteiger charge is -2.28. The van der Waals surface area contributed by atoms with E-state index in [0.29, 0.717) is 11.8 Å². The molecule has 6 nitrogen and oxygen atoms in total. The molecule has 2 aromatic rings.